The van der Waals surface area contributed by atoms with Crippen LogP contribution in [0.2, 0.25) is 0 Å². The van der Waals surface area contributed by atoms with Crippen LogP contribution in [0.5, 0.6) is 5.75 Å². The Hall–Kier alpha value is -1.28. The number of hydrogen-bond donors (Lipinski definition) is 0. The van der Waals surface area contributed by atoms with Crippen LogP contribution in [0.25, 0.3) is 5.57 Å². The molecule has 1 saturated carbocycles. The molecule has 1 aromatic carbocycles. The van der Waals surface area contributed by atoms with Crippen LogP contribution < -0.4 is 4.74 Å². The number of methoxy groups -OCH3 is 1. The molecule has 0 spiro atoms. The Morgan fingerprint density at radius 1 is 1.33 bits per heavy atom. The van der Waals surface area contributed by atoms with Crippen LogP contribution in [0.4, 0.5) is 0 Å². The van der Waals surface area contributed by atoms with Crippen molar-refractivity contribution in [1.29, 1.82) is 0 Å². The van der Waals surface area contributed by atoms with Gasteiger partial charge in [0, 0.05) is 5.92 Å². The SMILES string of the molecule is CCCC(=CC1C(C(=O)Cl)C1(C)C)c1ccc(OC)cc1. The summed E-state index contributed by atoms with van der Waals surface area (Å²) in [5.41, 5.74) is 2.46. The lowest BCUT2D eigenvalue weighted by Crippen LogP contribution is -1.96. The van der Waals surface area contributed by atoms with Crippen molar-refractivity contribution in [2.45, 2.75) is 33.6 Å². The molecule has 0 bridgehead atoms. The quantitative estimate of drug-likeness (QED) is 0.698. The van der Waals surface area contributed by atoms with Gasteiger partial charge in [-0.3, -0.25) is 4.79 Å². The zero-order valence-corrected chi connectivity index (χ0v) is 13.9. The first-order valence-electron chi connectivity index (χ1n) is 7.46. The number of carbonyl (C=O) groups excluding carboxylic acids is 1. The van der Waals surface area contributed by atoms with E-state index in [1.165, 1.54) is 11.1 Å². The van der Waals surface area contributed by atoms with Gasteiger partial charge in [-0.1, -0.05) is 45.4 Å². The van der Waals surface area contributed by atoms with Crippen LogP contribution in [-0.2, 0) is 4.79 Å². The van der Waals surface area contributed by atoms with Crippen LogP contribution in [-0.4, -0.2) is 12.4 Å². The average Bonchev–Trinajstić information content (AvgIpc) is 3.00. The summed E-state index contributed by atoms with van der Waals surface area (Å²) >= 11 is 5.72. The molecule has 0 aromatic heterocycles. The minimum absolute atomic E-state index is 0.0235. The van der Waals surface area contributed by atoms with E-state index in [1.54, 1.807) is 7.11 Å². The molecule has 0 aliphatic heterocycles. The van der Waals surface area contributed by atoms with Crippen LogP contribution >= 0.6 is 11.6 Å². The van der Waals surface area contributed by atoms with Gasteiger partial charge in [0.05, 0.1) is 7.11 Å². The first-order chi connectivity index (χ1) is 9.91. The molecule has 0 radical (unpaired) electrons. The number of rotatable bonds is 6. The van der Waals surface area contributed by atoms with E-state index in [2.05, 4.69) is 39.0 Å². The van der Waals surface area contributed by atoms with Crippen molar-refractivity contribution in [3.8, 4) is 5.75 Å². The molecule has 2 rings (SSSR count). The molecule has 2 nitrogen and oxygen atoms in total. The fourth-order valence-electron chi connectivity index (χ4n) is 3.04. The van der Waals surface area contributed by atoms with Crippen molar-refractivity contribution in [3.05, 3.63) is 35.9 Å². The van der Waals surface area contributed by atoms with Gasteiger partial charge in [0.1, 0.15) is 5.75 Å². The van der Waals surface area contributed by atoms with Gasteiger partial charge in [0.2, 0.25) is 5.24 Å². The lowest BCUT2D eigenvalue weighted by molar-refractivity contribution is -0.113. The number of ether oxygens (including phenoxy) is 1. The van der Waals surface area contributed by atoms with Gasteiger partial charge in [-0.15, -0.1) is 0 Å². The summed E-state index contributed by atoms with van der Waals surface area (Å²) in [6.45, 7) is 6.38. The van der Waals surface area contributed by atoms with E-state index in [4.69, 9.17) is 16.3 Å². The second-order valence-electron chi connectivity index (χ2n) is 6.30. The number of halogens is 1. The highest BCUT2D eigenvalue weighted by molar-refractivity contribution is 6.64. The normalized spacial score (nSPS) is 23.8. The topological polar surface area (TPSA) is 26.3 Å². The van der Waals surface area contributed by atoms with E-state index < -0.39 is 0 Å². The largest absolute Gasteiger partial charge is 0.497 e. The Kier molecular flexibility index (Phi) is 4.77. The molecule has 0 heterocycles. The van der Waals surface area contributed by atoms with Gasteiger partial charge in [-0.25, -0.2) is 0 Å². The third-order valence-electron chi connectivity index (χ3n) is 4.52. The molecule has 0 saturated heterocycles. The Labute approximate surface area is 132 Å². The number of benzene rings is 1. The molecule has 1 fully saturated rings. The lowest BCUT2D eigenvalue weighted by Gasteiger charge is -2.09. The smallest absolute Gasteiger partial charge is 0.225 e. The van der Waals surface area contributed by atoms with E-state index in [-0.39, 0.29) is 22.5 Å². The molecule has 21 heavy (non-hydrogen) atoms. The van der Waals surface area contributed by atoms with Crippen LogP contribution in [0, 0.1) is 17.3 Å². The predicted molar refractivity (Wildman–Crippen MR) is 87.5 cm³/mol. The highest BCUT2D eigenvalue weighted by Crippen LogP contribution is 2.60. The molecule has 1 aliphatic carbocycles. The maximum atomic E-state index is 11.5. The maximum absolute atomic E-state index is 11.5. The number of hydrogen-bond acceptors (Lipinski definition) is 2. The molecular weight excluding hydrogens is 284 g/mol. The average molecular weight is 307 g/mol. The monoisotopic (exact) mass is 306 g/mol. The fourth-order valence-corrected chi connectivity index (χ4v) is 3.45. The lowest BCUT2D eigenvalue weighted by atomic mass is 9.98. The molecule has 0 N–H and O–H groups in total. The second kappa shape index (κ2) is 6.23. The summed E-state index contributed by atoms with van der Waals surface area (Å²) in [5.74, 6) is 1.05. The fraction of sp³-hybridized carbons (Fsp3) is 0.500. The third kappa shape index (κ3) is 3.32. The van der Waals surface area contributed by atoms with Gasteiger partial charge >= 0.3 is 0 Å². The second-order valence-corrected chi connectivity index (χ2v) is 6.67. The molecule has 1 aliphatic rings. The third-order valence-corrected chi connectivity index (χ3v) is 4.75. The summed E-state index contributed by atoms with van der Waals surface area (Å²) in [6.07, 6.45) is 4.32. The van der Waals surface area contributed by atoms with Crippen LogP contribution in [0.15, 0.2) is 30.3 Å². The Morgan fingerprint density at radius 2 is 1.95 bits per heavy atom. The van der Waals surface area contributed by atoms with Crippen molar-refractivity contribution in [2.24, 2.45) is 17.3 Å². The Morgan fingerprint density at radius 3 is 2.38 bits per heavy atom. The van der Waals surface area contributed by atoms with E-state index in [1.807, 2.05) is 12.1 Å². The number of allylic oxidation sites excluding steroid dienone is 2. The molecule has 0 amide bonds. The standard InChI is InChI=1S/C18H23ClO2/c1-5-6-13(12-7-9-14(21-4)10-8-12)11-15-16(17(19)20)18(15,2)3/h7-11,15-16H,5-6H2,1-4H3. The Balaban J connectivity index is 2.26. The molecular formula is C18H23ClO2. The van der Waals surface area contributed by atoms with Crippen LogP contribution in [0.1, 0.15) is 39.2 Å². The van der Waals surface area contributed by atoms with Crippen molar-refractivity contribution >= 4 is 22.4 Å². The molecule has 2 atom stereocenters. The van der Waals surface area contributed by atoms with Crippen molar-refractivity contribution < 1.29 is 9.53 Å². The van der Waals surface area contributed by atoms with Crippen molar-refractivity contribution in [1.82, 2.24) is 0 Å². The van der Waals surface area contributed by atoms with E-state index >= 15 is 0 Å². The Bertz CT molecular complexity index is 543. The summed E-state index contributed by atoms with van der Waals surface area (Å²) < 4.78 is 5.20. The first-order valence-corrected chi connectivity index (χ1v) is 7.84. The first kappa shape index (κ1) is 16.1. The zero-order valence-electron chi connectivity index (χ0n) is 13.2. The van der Waals surface area contributed by atoms with Gasteiger partial charge in [0.15, 0.2) is 0 Å². The summed E-state index contributed by atoms with van der Waals surface area (Å²) in [6, 6.07) is 8.10. The summed E-state index contributed by atoms with van der Waals surface area (Å²) in [4.78, 5) is 11.5. The summed E-state index contributed by atoms with van der Waals surface area (Å²) in [7, 11) is 1.67. The predicted octanol–water partition coefficient (Wildman–Crippen LogP) is 4.92. The molecule has 3 heteroatoms. The van der Waals surface area contributed by atoms with E-state index in [9.17, 15) is 4.79 Å². The number of carbonyl (C=O) groups is 1. The molecule has 114 valence electrons. The molecule has 1 aromatic rings. The van der Waals surface area contributed by atoms with E-state index in [0.29, 0.717) is 0 Å². The highest BCUT2D eigenvalue weighted by Gasteiger charge is 2.59. The van der Waals surface area contributed by atoms with E-state index in [0.717, 1.165) is 18.6 Å². The van der Waals surface area contributed by atoms with Crippen molar-refractivity contribution in [2.75, 3.05) is 7.11 Å². The highest BCUT2D eigenvalue weighted by atomic mass is 35.5. The molecule has 2 unspecified atom stereocenters. The van der Waals surface area contributed by atoms with Crippen molar-refractivity contribution in [3.63, 3.8) is 0 Å². The summed E-state index contributed by atoms with van der Waals surface area (Å²) in [5, 5.41) is -0.216. The zero-order chi connectivity index (χ0) is 15.6. The van der Waals surface area contributed by atoms with Gasteiger partial charge in [-0.05, 0) is 52.6 Å². The van der Waals surface area contributed by atoms with Crippen LogP contribution in [0.3, 0.4) is 0 Å². The minimum Gasteiger partial charge on any atom is -0.497 e. The minimum atomic E-state index is -0.216. The van der Waals surface area contributed by atoms with Gasteiger partial charge in [0.25, 0.3) is 0 Å². The maximum Gasteiger partial charge on any atom is 0.225 e. The van der Waals surface area contributed by atoms with Gasteiger partial charge < -0.3 is 4.74 Å². The van der Waals surface area contributed by atoms with Gasteiger partial charge in [-0.2, -0.15) is 0 Å².